The highest BCUT2D eigenvalue weighted by atomic mass is 17.0. The van der Waals surface area contributed by atoms with Gasteiger partial charge in [-0.05, 0) is 62.7 Å². The van der Waals surface area contributed by atoms with Crippen molar-refractivity contribution in [1.29, 1.82) is 0 Å². The summed E-state index contributed by atoms with van der Waals surface area (Å²) >= 11 is 0. The molecule has 0 amide bonds. The first-order valence-corrected chi connectivity index (χ1v) is 11.3. The van der Waals surface area contributed by atoms with Crippen LogP contribution in [0.5, 0.6) is 0 Å². The van der Waals surface area contributed by atoms with Crippen LogP contribution in [-0.2, 0) is 18.9 Å². The lowest BCUT2D eigenvalue weighted by Gasteiger charge is -2.43. The molecule has 0 radical (unpaired) electrons. The zero-order valence-corrected chi connectivity index (χ0v) is 18.3. The molecule has 3 atom stereocenters. The molecule has 2 fully saturated rings. The van der Waals surface area contributed by atoms with Crippen molar-refractivity contribution >= 4 is 0 Å². The van der Waals surface area contributed by atoms with Gasteiger partial charge in [0.25, 0.3) is 0 Å². The number of ether oxygens (including phenoxy) is 4. The Hall–Kier alpha value is -0.680. The van der Waals surface area contributed by atoms with Crippen LogP contribution >= 0.6 is 0 Å². The Kier molecular flexibility index (Phi) is 8.16. The van der Waals surface area contributed by atoms with Gasteiger partial charge in [-0.2, -0.15) is 0 Å². The Morgan fingerprint density at radius 1 is 0.964 bits per heavy atom. The van der Waals surface area contributed by atoms with E-state index >= 15 is 0 Å². The third kappa shape index (κ3) is 5.91. The van der Waals surface area contributed by atoms with E-state index in [1.807, 2.05) is 0 Å². The summed E-state index contributed by atoms with van der Waals surface area (Å²) in [7, 11) is 0. The fourth-order valence-electron chi connectivity index (χ4n) is 4.64. The SMILES string of the molecule is C/C=C\CC(CC1COC2(OC1)OCC(CC1CC=CCC1C)CO2)C(C)C. The summed E-state index contributed by atoms with van der Waals surface area (Å²) in [5.41, 5.74) is 0. The molecule has 0 aromatic heterocycles. The van der Waals surface area contributed by atoms with Gasteiger partial charge in [-0.25, -0.2) is 0 Å². The highest BCUT2D eigenvalue weighted by Crippen LogP contribution is 2.36. The topological polar surface area (TPSA) is 36.9 Å². The zero-order chi connectivity index (χ0) is 20.0. The van der Waals surface area contributed by atoms with E-state index in [1.54, 1.807) is 0 Å². The van der Waals surface area contributed by atoms with Gasteiger partial charge < -0.3 is 18.9 Å². The van der Waals surface area contributed by atoms with E-state index in [0.717, 1.165) is 31.1 Å². The van der Waals surface area contributed by atoms with Crippen LogP contribution in [0.15, 0.2) is 24.3 Å². The average molecular weight is 393 g/mol. The van der Waals surface area contributed by atoms with Crippen molar-refractivity contribution < 1.29 is 18.9 Å². The average Bonchev–Trinajstić information content (AvgIpc) is 2.70. The van der Waals surface area contributed by atoms with Gasteiger partial charge in [0.05, 0.1) is 26.4 Å². The number of allylic oxidation sites excluding steroid dienone is 4. The van der Waals surface area contributed by atoms with Crippen LogP contribution in [0.25, 0.3) is 0 Å². The monoisotopic (exact) mass is 392 g/mol. The van der Waals surface area contributed by atoms with Gasteiger partial charge in [-0.15, -0.1) is 0 Å². The summed E-state index contributed by atoms with van der Waals surface area (Å²) in [6, 6.07) is 0. The molecule has 4 heteroatoms. The molecule has 0 aromatic carbocycles. The fraction of sp³-hybridized carbons (Fsp3) is 0.833. The van der Waals surface area contributed by atoms with E-state index in [2.05, 4.69) is 52.0 Å². The smallest absolute Gasteiger partial charge is 0.303 e. The molecule has 28 heavy (non-hydrogen) atoms. The second kappa shape index (κ2) is 10.4. The summed E-state index contributed by atoms with van der Waals surface area (Å²) < 4.78 is 23.9. The lowest BCUT2D eigenvalue weighted by Crippen LogP contribution is -2.53. The van der Waals surface area contributed by atoms with E-state index < -0.39 is 6.16 Å². The van der Waals surface area contributed by atoms with Crippen LogP contribution in [0.2, 0.25) is 0 Å². The maximum Gasteiger partial charge on any atom is 0.412 e. The van der Waals surface area contributed by atoms with Crippen molar-refractivity contribution in [3.05, 3.63) is 24.3 Å². The highest BCUT2D eigenvalue weighted by molar-refractivity contribution is 4.94. The molecular weight excluding hydrogens is 352 g/mol. The minimum absolute atomic E-state index is 0.406. The quantitative estimate of drug-likeness (QED) is 0.533. The van der Waals surface area contributed by atoms with E-state index in [9.17, 15) is 0 Å². The van der Waals surface area contributed by atoms with Crippen molar-refractivity contribution in [2.24, 2.45) is 35.5 Å². The standard InChI is InChI=1S/C24H40O4/c1-5-6-10-22(18(2)3)12-20-14-25-24(26-15-20)27-16-21(17-28-24)13-23-11-8-7-9-19(23)4/h5-8,18-23H,9-17H2,1-4H3/b6-5-. The minimum Gasteiger partial charge on any atom is -0.303 e. The Morgan fingerprint density at radius 3 is 2.14 bits per heavy atom. The number of hydrogen-bond acceptors (Lipinski definition) is 4. The molecule has 2 heterocycles. The second-order valence-corrected chi connectivity index (χ2v) is 9.44. The molecule has 3 unspecified atom stereocenters. The fourth-order valence-corrected chi connectivity index (χ4v) is 4.64. The summed E-state index contributed by atoms with van der Waals surface area (Å²) in [6.45, 7) is 11.7. The lowest BCUT2D eigenvalue weighted by atomic mass is 9.79. The zero-order valence-electron chi connectivity index (χ0n) is 18.3. The van der Waals surface area contributed by atoms with Crippen LogP contribution in [0, 0.1) is 35.5 Å². The predicted molar refractivity (Wildman–Crippen MR) is 112 cm³/mol. The van der Waals surface area contributed by atoms with Gasteiger partial charge in [0.1, 0.15) is 0 Å². The molecule has 3 rings (SSSR count). The third-order valence-corrected chi connectivity index (χ3v) is 6.79. The Morgan fingerprint density at radius 2 is 1.57 bits per heavy atom. The molecule has 0 bridgehead atoms. The van der Waals surface area contributed by atoms with E-state index in [0.29, 0.717) is 50.1 Å². The molecule has 0 saturated carbocycles. The Bertz CT molecular complexity index is 509. The maximum absolute atomic E-state index is 5.97. The molecule has 0 aromatic rings. The van der Waals surface area contributed by atoms with Crippen molar-refractivity contribution in [1.82, 2.24) is 0 Å². The molecule has 3 aliphatic rings. The largest absolute Gasteiger partial charge is 0.412 e. The van der Waals surface area contributed by atoms with Gasteiger partial charge in [0, 0.05) is 11.8 Å². The Labute approximate surface area is 171 Å². The molecule has 2 saturated heterocycles. The molecule has 2 aliphatic heterocycles. The first-order chi connectivity index (χ1) is 13.5. The number of rotatable bonds is 7. The molecule has 0 N–H and O–H groups in total. The summed E-state index contributed by atoms with van der Waals surface area (Å²) in [5, 5.41) is 0. The Balaban J connectivity index is 1.41. The molecule has 160 valence electrons. The maximum atomic E-state index is 5.97. The van der Waals surface area contributed by atoms with Crippen LogP contribution in [0.3, 0.4) is 0 Å². The van der Waals surface area contributed by atoms with Crippen molar-refractivity contribution in [2.75, 3.05) is 26.4 Å². The summed E-state index contributed by atoms with van der Waals surface area (Å²) in [4.78, 5) is 0. The van der Waals surface area contributed by atoms with Crippen LogP contribution in [0.4, 0.5) is 0 Å². The van der Waals surface area contributed by atoms with Crippen LogP contribution in [-0.4, -0.2) is 32.6 Å². The minimum atomic E-state index is -1.25. The van der Waals surface area contributed by atoms with Gasteiger partial charge in [0.2, 0.25) is 0 Å². The summed E-state index contributed by atoms with van der Waals surface area (Å²) in [5.74, 6) is 3.64. The van der Waals surface area contributed by atoms with E-state index in [4.69, 9.17) is 18.9 Å². The van der Waals surface area contributed by atoms with Crippen molar-refractivity contribution in [2.45, 2.75) is 66.0 Å². The van der Waals surface area contributed by atoms with Crippen molar-refractivity contribution in [3.8, 4) is 0 Å². The van der Waals surface area contributed by atoms with Crippen molar-refractivity contribution in [3.63, 3.8) is 0 Å². The van der Waals surface area contributed by atoms with Gasteiger partial charge in [0.15, 0.2) is 0 Å². The highest BCUT2D eigenvalue weighted by Gasteiger charge is 2.45. The van der Waals surface area contributed by atoms with Gasteiger partial charge in [-0.1, -0.05) is 45.1 Å². The first kappa shape index (κ1) is 22.0. The van der Waals surface area contributed by atoms with Gasteiger partial charge in [-0.3, -0.25) is 0 Å². The van der Waals surface area contributed by atoms with E-state index in [1.165, 1.54) is 12.8 Å². The van der Waals surface area contributed by atoms with Crippen LogP contribution < -0.4 is 0 Å². The first-order valence-electron chi connectivity index (χ1n) is 11.3. The predicted octanol–water partition coefficient (Wildman–Crippen LogP) is 5.54. The summed E-state index contributed by atoms with van der Waals surface area (Å²) in [6.07, 6.45) is 13.6. The molecule has 1 aliphatic carbocycles. The van der Waals surface area contributed by atoms with Gasteiger partial charge >= 0.3 is 6.16 Å². The molecule has 1 spiro atoms. The molecule has 4 nitrogen and oxygen atoms in total. The third-order valence-electron chi connectivity index (χ3n) is 6.79. The molecular formula is C24H40O4. The second-order valence-electron chi connectivity index (χ2n) is 9.44. The van der Waals surface area contributed by atoms with E-state index in [-0.39, 0.29) is 0 Å². The lowest BCUT2D eigenvalue weighted by molar-refractivity contribution is -0.535. The normalized spacial score (nSPS) is 37.8. The van der Waals surface area contributed by atoms with Crippen LogP contribution in [0.1, 0.15) is 59.8 Å². The number of hydrogen-bond donors (Lipinski definition) is 0.